The molecular formula is C17H12FN5OS2. The number of halogens is 1. The molecule has 2 aromatic heterocycles. The molecule has 0 radical (unpaired) electrons. The molecule has 0 unspecified atom stereocenters. The van der Waals surface area contributed by atoms with Crippen LogP contribution < -0.4 is 5.32 Å². The smallest absolute Gasteiger partial charge is 0.257 e. The fourth-order valence-electron chi connectivity index (χ4n) is 2.29. The normalized spacial score (nSPS) is 11.0. The fourth-order valence-corrected chi connectivity index (χ4v) is 3.91. The van der Waals surface area contributed by atoms with Crippen LogP contribution in [0.5, 0.6) is 0 Å². The number of anilines is 1. The van der Waals surface area contributed by atoms with Gasteiger partial charge < -0.3 is 4.98 Å². The number of imidazole rings is 1. The van der Waals surface area contributed by atoms with E-state index in [0.717, 1.165) is 21.2 Å². The molecule has 2 N–H and O–H groups in total. The van der Waals surface area contributed by atoms with E-state index in [9.17, 15) is 9.18 Å². The Morgan fingerprint density at radius 3 is 2.77 bits per heavy atom. The Labute approximate surface area is 155 Å². The quantitative estimate of drug-likeness (QED) is 0.399. The van der Waals surface area contributed by atoms with Crippen LogP contribution in [0.4, 0.5) is 9.52 Å². The van der Waals surface area contributed by atoms with Crippen LogP contribution in [0.3, 0.4) is 0 Å². The maximum absolute atomic E-state index is 12.9. The van der Waals surface area contributed by atoms with Gasteiger partial charge >= 0.3 is 0 Å². The number of carbonyl (C=O) groups is 1. The van der Waals surface area contributed by atoms with Gasteiger partial charge in [-0.1, -0.05) is 35.2 Å². The van der Waals surface area contributed by atoms with Crippen molar-refractivity contribution >= 4 is 45.2 Å². The van der Waals surface area contributed by atoms with Gasteiger partial charge in [-0.25, -0.2) is 9.37 Å². The van der Waals surface area contributed by atoms with Crippen LogP contribution in [0.2, 0.25) is 0 Å². The Balaban J connectivity index is 1.38. The standard InChI is InChI=1S/C17H12FN5OS2/c18-11-7-5-10(6-8-11)15(24)21-16-22-23-17(26-16)25-9-14-19-12-3-1-2-4-13(12)20-14/h1-8H,9H2,(H,19,20)(H,21,22,24). The van der Waals surface area contributed by atoms with Crippen LogP contribution in [0, 0.1) is 5.82 Å². The Kier molecular flexibility index (Phi) is 4.63. The van der Waals surface area contributed by atoms with Crippen molar-refractivity contribution in [3.8, 4) is 0 Å². The summed E-state index contributed by atoms with van der Waals surface area (Å²) in [4.78, 5) is 19.9. The molecule has 2 aromatic carbocycles. The molecule has 2 heterocycles. The lowest BCUT2D eigenvalue weighted by Gasteiger charge is -2.00. The maximum atomic E-state index is 12.9. The van der Waals surface area contributed by atoms with Crippen molar-refractivity contribution in [3.05, 3.63) is 65.7 Å². The molecule has 4 rings (SSSR count). The third-order valence-corrected chi connectivity index (χ3v) is 5.49. The first-order chi connectivity index (χ1) is 12.7. The number of nitrogens with one attached hydrogen (secondary N) is 2. The molecule has 1 amide bonds. The van der Waals surface area contributed by atoms with Gasteiger partial charge in [-0.05, 0) is 36.4 Å². The number of H-pyrrole nitrogens is 1. The number of fused-ring (bicyclic) bond motifs is 1. The zero-order valence-electron chi connectivity index (χ0n) is 13.3. The number of amides is 1. The second-order valence-corrected chi connectivity index (χ2v) is 7.52. The first-order valence-electron chi connectivity index (χ1n) is 7.64. The number of aromatic amines is 1. The number of aromatic nitrogens is 4. The summed E-state index contributed by atoms with van der Waals surface area (Å²) in [6.45, 7) is 0. The van der Waals surface area contributed by atoms with Crippen molar-refractivity contribution < 1.29 is 9.18 Å². The zero-order chi connectivity index (χ0) is 17.9. The number of para-hydroxylation sites is 2. The van der Waals surface area contributed by atoms with E-state index in [1.807, 2.05) is 24.3 Å². The lowest BCUT2D eigenvalue weighted by atomic mass is 10.2. The van der Waals surface area contributed by atoms with Crippen LogP contribution in [0.1, 0.15) is 16.2 Å². The SMILES string of the molecule is O=C(Nc1nnc(SCc2nc3ccccc3[nH]2)s1)c1ccc(F)cc1. The average molecular weight is 385 g/mol. The van der Waals surface area contributed by atoms with Crippen molar-refractivity contribution in [2.75, 3.05) is 5.32 Å². The van der Waals surface area contributed by atoms with Crippen LogP contribution in [0.25, 0.3) is 11.0 Å². The van der Waals surface area contributed by atoms with E-state index in [0.29, 0.717) is 16.4 Å². The largest absolute Gasteiger partial charge is 0.341 e. The monoisotopic (exact) mass is 385 g/mol. The highest BCUT2D eigenvalue weighted by Crippen LogP contribution is 2.28. The summed E-state index contributed by atoms with van der Waals surface area (Å²) >= 11 is 2.76. The highest BCUT2D eigenvalue weighted by molar-refractivity contribution is 8.00. The topological polar surface area (TPSA) is 83.6 Å². The highest BCUT2D eigenvalue weighted by atomic mass is 32.2. The number of rotatable bonds is 5. The van der Waals surface area contributed by atoms with E-state index in [2.05, 4.69) is 25.5 Å². The number of nitrogens with zero attached hydrogens (tertiary/aromatic N) is 3. The maximum Gasteiger partial charge on any atom is 0.257 e. The van der Waals surface area contributed by atoms with Crippen LogP contribution in [-0.4, -0.2) is 26.1 Å². The Morgan fingerprint density at radius 1 is 1.15 bits per heavy atom. The molecule has 0 aliphatic heterocycles. The third-order valence-electron chi connectivity index (χ3n) is 3.50. The predicted octanol–water partition coefficient (Wildman–Crippen LogP) is 4.10. The predicted molar refractivity (Wildman–Crippen MR) is 99.9 cm³/mol. The summed E-state index contributed by atoms with van der Waals surface area (Å²) in [7, 11) is 0. The second kappa shape index (κ2) is 7.22. The molecule has 0 bridgehead atoms. The highest BCUT2D eigenvalue weighted by Gasteiger charge is 2.11. The van der Waals surface area contributed by atoms with Crippen molar-refractivity contribution in [1.29, 1.82) is 0 Å². The Morgan fingerprint density at radius 2 is 1.96 bits per heavy atom. The number of hydrogen-bond donors (Lipinski definition) is 2. The minimum absolute atomic E-state index is 0.352. The van der Waals surface area contributed by atoms with Crippen molar-refractivity contribution in [2.45, 2.75) is 10.1 Å². The lowest BCUT2D eigenvalue weighted by molar-refractivity contribution is 0.102. The summed E-state index contributed by atoms with van der Waals surface area (Å²) in [5, 5.41) is 11.1. The van der Waals surface area contributed by atoms with Crippen molar-refractivity contribution in [2.24, 2.45) is 0 Å². The van der Waals surface area contributed by atoms with Crippen LogP contribution in [-0.2, 0) is 5.75 Å². The van der Waals surface area contributed by atoms with E-state index in [-0.39, 0.29) is 11.7 Å². The van der Waals surface area contributed by atoms with E-state index >= 15 is 0 Å². The van der Waals surface area contributed by atoms with E-state index in [1.54, 1.807) is 0 Å². The minimum Gasteiger partial charge on any atom is -0.341 e. The molecule has 4 aromatic rings. The van der Waals surface area contributed by atoms with E-state index in [1.165, 1.54) is 47.4 Å². The molecule has 0 saturated heterocycles. The van der Waals surface area contributed by atoms with Gasteiger partial charge in [-0.2, -0.15) is 0 Å². The van der Waals surface area contributed by atoms with Crippen LogP contribution in [0.15, 0.2) is 52.9 Å². The summed E-state index contributed by atoms with van der Waals surface area (Å²) in [6.07, 6.45) is 0. The van der Waals surface area contributed by atoms with Gasteiger partial charge in [-0.15, -0.1) is 10.2 Å². The summed E-state index contributed by atoms with van der Waals surface area (Å²) < 4.78 is 13.6. The number of benzene rings is 2. The van der Waals surface area contributed by atoms with E-state index < -0.39 is 0 Å². The third kappa shape index (κ3) is 3.73. The number of carbonyl (C=O) groups excluding carboxylic acids is 1. The molecule has 0 atom stereocenters. The Hall–Kier alpha value is -2.78. The van der Waals surface area contributed by atoms with Gasteiger partial charge in [0.25, 0.3) is 5.91 Å². The first kappa shape index (κ1) is 16.7. The molecule has 0 fully saturated rings. The summed E-state index contributed by atoms with van der Waals surface area (Å²) in [6, 6.07) is 13.1. The molecule has 130 valence electrons. The number of hydrogen-bond acceptors (Lipinski definition) is 6. The molecule has 9 heteroatoms. The molecule has 26 heavy (non-hydrogen) atoms. The minimum atomic E-state index is -0.387. The van der Waals surface area contributed by atoms with Gasteiger partial charge in [-0.3, -0.25) is 10.1 Å². The lowest BCUT2D eigenvalue weighted by Crippen LogP contribution is -2.11. The zero-order valence-corrected chi connectivity index (χ0v) is 14.9. The molecule has 0 spiro atoms. The average Bonchev–Trinajstić information content (AvgIpc) is 3.26. The van der Waals surface area contributed by atoms with Gasteiger partial charge in [0.05, 0.1) is 16.8 Å². The van der Waals surface area contributed by atoms with Gasteiger partial charge in [0.2, 0.25) is 5.13 Å². The van der Waals surface area contributed by atoms with E-state index in [4.69, 9.17) is 0 Å². The van der Waals surface area contributed by atoms with Crippen LogP contribution >= 0.6 is 23.1 Å². The summed E-state index contributed by atoms with van der Waals surface area (Å²) in [5.74, 6) is 0.731. The number of thioether (sulfide) groups is 1. The van der Waals surface area contributed by atoms with Gasteiger partial charge in [0, 0.05) is 5.56 Å². The molecule has 0 aliphatic rings. The molecular weight excluding hydrogens is 373 g/mol. The van der Waals surface area contributed by atoms with Gasteiger partial charge in [0.1, 0.15) is 11.6 Å². The summed E-state index contributed by atoms with van der Waals surface area (Å²) in [5.41, 5.74) is 2.28. The Bertz CT molecular complexity index is 1030. The molecule has 0 aliphatic carbocycles. The van der Waals surface area contributed by atoms with Gasteiger partial charge in [0.15, 0.2) is 4.34 Å². The first-order valence-corrected chi connectivity index (χ1v) is 9.44. The molecule has 0 saturated carbocycles. The second-order valence-electron chi connectivity index (χ2n) is 5.32. The van der Waals surface area contributed by atoms with Crippen molar-refractivity contribution in [1.82, 2.24) is 20.2 Å². The molecule has 6 nitrogen and oxygen atoms in total. The van der Waals surface area contributed by atoms with Crippen molar-refractivity contribution in [3.63, 3.8) is 0 Å². The fraction of sp³-hybridized carbons (Fsp3) is 0.0588.